The second-order valence-corrected chi connectivity index (χ2v) is 7.19. The first-order valence-electron chi connectivity index (χ1n) is 6.80. The molecule has 1 unspecified atom stereocenters. The van der Waals surface area contributed by atoms with Crippen LogP contribution in [0.3, 0.4) is 0 Å². The van der Waals surface area contributed by atoms with Crippen molar-refractivity contribution in [3.8, 4) is 11.5 Å². The molecule has 0 aromatic heterocycles. The monoisotopic (exact) mass is 356 g/mol. The van der Waals surface area contributed by atoms with Crippen molar-refractivity contribution >= 4 is 34.0 Å². The summed E-state index contributed by atoms with van der Waals surface area (Å²) >= 11 is 12.3. The van der Waals surface area contributed by atoms with Gasteiger partial charge >= 0.3 is 0 Å². The Morgan fingerprint density at radius 3 is 2.59 bits per heavy atom. The van der Waals surface area contributed by atoms with Crippen molar-refractivity contribution in [2.24, 2.45) is 0 Å². The van der Waals surface area contributed by atoms with Crippen molar-refractivity contribution in [1.82, 2.24) is 0 Å². The van der Waals surface area contributed by atoms with Crippen LogP contribution in [-0.2, 0) is 22.3 Å². The maximum absolute atomic E-state index is 12.4. The van der Waals surface area contributed by atoms with Gasteiger partial charge in [0.15, 0.2) is 11.5 Å². The Balaban J connectivity index is 1.74. The Kier molecular flexibility index (Phi) is 4.91. The van der Waals surface area contributed by atoms with E-state index in [-0.39, 0.29) is 0 Å². The van der Waals surface area contributed by atoms with Crippen LogP contribution in [0.25, 0.3) is 0 Å². The van der Waals surface area contributed by atoms with E-state index in [0.29, 0.717) is 46.3 Å². The van der Waals surface area contributed by atoms with Crippen LogP contribution in [0.1, 0.15) is 11.1 Å². The minimum absolute atomic E-state index is 0.390. The molecule has 3 nitrogen and oxygen atoms in total. The highest BCUT2D eigenvalue weighted by Gasteiger charge is 2.17. The smallest absolute Gasteiger partial charge is 0.179 e. The van der Waals surface area contributed by atoms with E-state index in [0.717, 1.165) is 11.1 Å². The molecule has 1 heterocycles. The lowest BCUT2D eigenvalue weighted by Gasteiger charge is -2.20. The number of rotatable bonds is 4. The Hall–Kier alpha value is -1.23. The van der Waals surface area contributed by atoms with E-state index >= 15 is 0 Å². The van der Waals surface area contributed by atoms with Gasteiger partial charge in [0.25, 0.3) is 0 Å². The first-order chi connectivity index (χ1) is 10.6. The standard InChI is InChI=1S/C16H14Cl2O3S/c17-13-4-2-1-3-12(13)10-22(19)9-11-7-14(18)16-15(8-11)20-5-6-21-16/h1-4,7-8H,5-6,9-10H2. The summed E-state index contributed by atoms with van der Waals surface area (Å²) in [6, 6.07) is 11.0. The molecular formula is C16H14Cl2O3S. The third-order valence-corrected chi connectivity index (χ3v) is 5.20. The largest absolute Gasteiger partial charge is 0.486 e. The van der Waals surface area contributed by atoms with Gasteiger partial charge in [-0.25, -0.2) is 0 Å². The van der Waals surface area contributed by atoms with Crippen LogP contribution >= 0.6 is 23.2 Å². The first kappa shape index (κ1) is 15.7. The molecular weight excluding hydrogens is 343 g/mol. The van der Waals surface area contributed by atoms with Crippen molar-refractivity contribution in [3.63, 3.8) is 0 Å². The van der Waals surface area contributed by atoms with Crippen LogP contribution in [0.2, 0.25) is 10.0 Å². The Morgan fingerprint density at radius 2 is 1.77 bits per heavy atom. The van der Waals surface area contributed by atoms with Gasteiger partial charge in [-0.15, -0.1) is 0 Å². The minimum Gasteiger partial charge on any atom is -0.486 e. The fourth-order valence-corrected chi connectivity index (χ4v) is 4.08. The van der Waals surface area contributed by atoms with Gasteiger partial charge in [0.05, 0.1) is 10.8 Å². The molecule has 0 amide bonds. The summed E-state index contributed by atoms with van der Waals surface area (Å²) in [7, 11) is -1.08. The van der Waals surface area contributed by atoms with E-state index in [1.54, 1.807) is 12.1 Å². The number of hydrogen-bond acceptors (Lipinski definition) is 3. The average Bonchev–Trinajstić information content (AvgIpc) is 2.49. The summed E-state index contributed by atoms with van der Waals surface area (Å²) in [6.07, 6.45) is 0. The summed E-state index contributed by atoms with van der Waals surface area (Å²) < 4.78 is 23.4. The Bertz CT molecular complexity index is 719. The van der Waals surface area contributed by atoms with Crippen LogP contribution < -0.4 is 9.47 Å². The zero-order valence-corrected chi connectivity index (χ0v) is 14.0. The van der Waals surface area contributed by atoms with Gasteiger partial charge in [0.2, 0.25) is 0 Å². The molecule has 1 atom stereocenters. The molecule has 0 bridgehead atoms. The molecule has 0 N–H and O–H groups in total. The zero-order chi connectivity index (χ0) is 15.5. The molecule has 116 valence electrons. The second kappa shape index (κ2) is 6.90. The van der Waals surface area contributed by atoms with Gasteiger partial charge in [0.1, 0.15) is 13.2 Å². The summed E-state index contributed by atoms with van der Waals surface area (Å²) in [5.74, 6) is 1.98. The Morgan fingerprint density at radius 1 is 1.00 bits per heavy atom. The van der Waals surface area contributed by atoms with E-state index < -0.39 is 10.8 Å². The lowest BCUT2D eigenvalue weighted by atomic mass is 10.2. The van der Waals surface area contributed by atoms with Crippen LogP contribution in [0, 0.1) is 0 Å². The highest BCUT2D eigenvalue weighted by atomic mass is 35.5. The van der Waals surface area contributed by atoms with Crippen LogP contribution in [0.4, 0.5) is 0 Å². The third-order valence-electron chi connectivity index (χ3n) is 3.26. The number of ether oxygens (including phenoxy) is 2. The molecule has 22 heavy (non-hydrogen) atoms. The van der Waals surface area contributed by atoms with Crippen LogP contribution in [0.5, 0.6) is 11.5 Å². The molecule has 1 aliphatic heterocycles. The van der Waals surface area contributed by atoms with E-state index in [9.17, 15) is 4.21 Å². The van der Waals surface area contributed by atoms with Crippen molar-refractivity contribution in [2.75, 3.05) is 13.2 Å². The quantitative estimate of drug-likeness (QED) is 0.822. The van der Waals surface area contributed by atoms with Crippen LogP contribution in [-0.4, -0.2) is 17.4 Å². The van der Waals surface area contributed by atoms with Gasteiger partial charge in [-0.1, -0.05) is 41.4 Å². The zero-order valence-electron chi connectivity index (χ0n) is 11.7. The molecule has 3 rings (SSSR count). The van der Waals surface area contributed by atoms with Gasteiger partial charge in [-0.3, -0.25) is 4.21 Å². The number of hydrogen-bond donors (Lipinski definition) is 0. The summed E-state index contributed by atoms with van der Waals surface area (Å²) in [4.78, 5) is 0. The molecule has 0 radical (unpaired) electrons. The highest BCUT2D eigenvalue weighted by molar-refractivity contribution is 7.83. The maximum Gasteiger partial charge on any atom is 0.179 e. The molecule has 0 aliphatic carbocycles. The van der Waals surface area contributed by atoms with Crippen molar-refractivity contribution in [2.45, 2.75) is 11.5 Å². The number of fused-ring (bicyclic) bond motifs is 1. The molecule has 6 heteroatoms. The van der Waals surface area contributed by atoms with E-state index in [4.69, 9.17) is 32.7 Å². The van der Waals surface area contributed by atoms with Crippen molar-refractivity contribution in [1.29, 1.82) is 0 Å². The second-order valence-electron chi connectivity index (χ2n) is 4.92. The van der Waals surface area contributed by atoms with E-state index in [1.807, 2.05) is 24.3 Å². The molecule has 0 saturated heterocycles. The summed E-state index contributed by atoms with van der Waals surface area (Å²) in [5, 5.41) is 1.12. The summed E-state index contributed by atoms with van der Waals surface area (Å²) in [5.41, 5.74) is 1.74. The maximum atomic E-state index is 12.4. The van der Waals surface area contributed by atoms with Crippen molar-refractivity contribution in [3.05, 3.63) is 57.6 Å². The molecule has 2 aromatic carbocycles. The van der Waals surface area contributed by atoms with Gasteiger partial charge < -0.3 is 9.47 Å². The molecule has 2 aromatic rings. The van der Waals surface area contributed by atoms with Gasteiger partial charge in [-0.2, -0.15) is 0 Å². The number of halogens is 2. The fourth-order valence-electron chi connectivity index (χ4n) is 2.27. The fraction of sp³-hybridized carbons (Fsp3) is 0.250. The lowest BCUT2D eigenvalue weighted by molar-refractivity contribution is 0.171. The van der Waals surface area contributed by atoms with Gasteiger partial charge in [0, 0.05) is 21.6 Å². The van der Waals surface area contributed by atoms with E-state index in [1.165, 1.54) is 0 Å². The molecule has 0 spiro atoms. The van der Waals surface area contributed by atoms with Crippen LogP contribution in [0.15, 0.2) is 36.4 Å². The number of benzene rings is 2. The predicted octanol–water partition coefficient (Wildman–Crippen LogP) is 4.21. The minimum atomic E-state index is -1.08. The normalized spacial score (nSPS) is 14.6. The molecule has 1 aliphatic rings. The summed E-state index contributed by atoms with van der Waals surface area (Å²) in [6.45, 7) is 0.986. The molecule has 0 fully saturated rings. The topological polar surface area (TPSA) is 35.5 Å². The average molecular weight is 357 g/mol. The molecule has 0 saturated carbocycles. The Labute approximate surface area is 141 Å². The highest BCUT2D eigenvalue weighted by Crippen LogP contribution is 2.38. The SMILES string of the molecule is O=S(Cc1cc(Cl)c2c(c1)OCCO2)Cc1ccccc1Cl. The first-order valence-corrected chi connectivity index (χ1v) is 9.04. The predicted molar refractivity (Wildman–Crippen MR) is 89.4 cm³/mol. The lowest BCUT2D eigenvalue weighted by Crippen LogP contribution is -2.16. The van der Waals surface area contributed by atoms with Gasteiger partial charge in [-0.05, 0) is 29.3 Å². The van der Waals surface area contributed by atoms with E-state index in [2.05, 4.69) is 0 Å². The van der Waals surface area contributed by atoms with Crippen molar-refractivity contribution < 1.29 is 13.7 Å². The third kappa shape index (κ3) is 3.57.